The molecule has 0 bridgehead atoms. The number of halogens is 1. The Labute approximate surface area is 119 Å². The molecule has 1 aromatic carbocycles. The first-order chi connectivity index (χ1) is 9.41. The predicted octanol–water partition coefficient (Wildman–Crippen LogP) is 2.16. The van der Waals surface area contributed by atoms with Crippen LogP contribution in [-0.2, 0) is 9.84 Å². The van der Waals surface area contributed by atoms with Crippen molar-refractivity contribution in [3.63, 3.8) is 0 Å². The minimum absolute atomic E-state index is 0.000399. The van der Waals surface area contributed by atoms with Gasteiger partial charge in [-0.3, -0.25) is 0 Å². The van der Waals surface area contributed by atoms with E-state index in [1.807, 2.05) is 0 Å². The molecule has 1 aliphatic carbocycles. The number of hydrogen-bond acceptors (Lipinski definition) is 4. The molecule has 2 unspecified atom stereocenters. The molecule has 0 saturated heterocycles. The summed E-state index contributed by atoms with van der Waals surface area (Å²) in [7, 11) is -3.38. The quantitative estimate of drug-likeness (QED) is 0.894. The van der Waals surface area contributed by atoms with Crippen LogP contribution in [0.4, 0.5) is 10.1 Å². The standard InChI is InChI=1S/C14H21FN2O2S/c1-20(18,19)11-6-7-14(12(15)8-11)17-13-5-3-2-4-10(13)9-16/h6-8,10,13,17H,2-5,9,16H2,1H3. The molecule has 0 radical (unpaired) electrons. The van der Waals surface area contributed by atoms with Gasteiger partial charge in [-0.15, -0.1) is 0 Å². The molecule has 20 heavy (non-hydrogen) atoms. The smallest absolute Gasteiger partial charge is 0.175 e. The van der Waals surface area contributed by atoms with Crippen molar-refractivity contribution in [1.29, 1.82) is 0 Å². The predicted molar refractivity (Wildman–Crippen MR) is 77.9 cm³/mol. The topological polar surface area (TPSA) is 72.2 Å². The molecule has 3 N–H and O–H groups in total. The van der Waals surface area contributed by atoms with Gasteiger partial charge < -0.3 is 11.1 Å². The van der Waals surface area contributed by atoms with Crippen LogP contribution in [0.2, 0.25) is 0 Å². The largest absolute Gasteiger partial charge is 0.380 e. The lowest BCUT2D eigenvalue weighted by Gasteiger charge is -2.32. The first kappa shape index (κ1) is 15.3. The molecule has 0 spiro atoms. The van der Waals surface area contributed by atoms with Gasteiger partial charge in [-0.05, 0) is 43.5 Å². The van der Waals surface area contributed by atoms with Gasteiger partial charge >= 0.3 is 0 Å². The van der Waals surface area contributed by atoms with Gasteiger partial charge in [-0.1, -0.05) is 12.8 Å². The minimum Gasteiger partial charge on any atom is -0.380 e. The lowest BCUT2D eigenvalue weighted by molar-refractivity contribution is 0.332. The van der Waals surface area contributed by atoms with E-state index < -0.39 is 15.7 Å². The zero-order valence-corrected chi connectivity index (χ0v) is 12.4. The van der Waals surface area contributed by atoms with Gasteiger partial charge in [0.25, 0.3) is 0 Å². The summed E-state index contributed by atoms with van der Waals surface area (Å²) in [4.78, 5) is -0.000399. The maximum absolute atomic E-state index is 14.0. The van der Waals surface area contributed by atoms with Crippen molar-refractivity contribution in [3.05, 3.63) is 24.0 Å². The van der Waals surface area contributed by atoms with Crippen LogP contribution in [0.1, 0.15) is 25.7 Å². The lowest BCUT2D eigenvalue weighted by Crippen LogP contribution is -2.36. The Bertz CT molecular complexity index is 575. The van der Waals surface area contributed by atoms with Crippen LogP contribution in [-0.4, -0.2) is 27.3 Å². The first-order valence-corrected chi connectivity index (χ1v) is 8.77. The molecule has 1 aliphatic rings. The minimum atomic E-state index is -3.38. The summed E-state index contributed by atoms with van der Waals surface area (Å²) in [6, 6.07) is 4.15. The van der Waals surface area contributed by atoms with Crippen molar-refractivity contribution in [3.8, 4) is 0 Å². The van der Waals surface area contributed by atoms with Gasteiger partial charge in [0, 0.05) is 12.3 Å². The molecule has 1 fully saturated rings. The highest BCUT2D eigenvalue weighted by molar-refractivity contribution is 7.90. The van der Waals surface area contributed by atoms with Crippen molar-refractivity contribution in [2.75, 3.05) is 18.1 Å². The molecular formula is C14H21FN2O2S. The van der Waals surface area contributed by atoms with Crippen molar-refractivity contribution in [2.45, 2.75) is 36.6 Å². The zero-order valence-electron chi connectivity index (χ0n) is 11.6. The number of sulfone groups is 1. The molecular weight excluding hydrogens is 279 g/mol. The number of hydrogen-bond donors (Lipinski definition) is 2. The third-order valence-corrected chi connectivity index (χ3v) is 5.03. The Kier molecular flexibility index (Phi) is 4.65. The molecule has 1 aromatic rings. The summed E-state index contributed by atoms with van der Waals surface area (Å²) in [5, 5.41) is 3.18. The van der Waals surface area contributed by atoms with Gasteiger partial charge in [-0.2, -0.15) is 0 Å². The maximum atomic E-state index is 14.0. The van der Waals surface area contributed by atoms with E-state index in [0.717, 1.165) is 38.0 Å². The monoisotopic (exact) mass is 300 g/mol. The van der Waals surface area contributed by atoms with Gasteiger partial charge in [0.05, 0.1) is 10.6 Å². The molecule has 2 atom stereocenters. The zero-order chi connectivity index (χ0) is 14.8. The Balaban J connectivity index is 2.17. The molecule has 112 valence electrons. The molecule has 0 aliphatic heterocycles. The van der Waals surface area contributed by atoms with Crippen LogP contribution >= 0.6 is 0 Å². The van der Waals surface area contributed by atoms with Gasteiger partial charge in [-0.25, -0.2) is 12.8 Å². The van der Waals surface area contributed by atoms with E-state index in [9.17, 15) is 12.8 Å². The average molecular weight is 300 g/mol. The van der Waals surface area contributed by atoms with Crippen molar-refractivity contribution < 1.29 is 12.8 Å². The van der Waals surface area contributed by atoms with Crippen LogP contribution in [0.15, 0.2) is 23.1 Å². The van der Waals surface area contributed by atoms with E-state index in [0.29, 0.717) is 18.2 Å². The van der Waals surface area contributed by atoms with E-state index in [1.165, 1.54) is 12.1 Å². The van der Waals surface area contributed by atoms with Gasteiger partial charge in [0.2, 0.25) is 0 Å². The number of benzene rings is 1. The number of nitrogens with two attached hydrogens (primary N) is 1. The first-order valence-electron chi connectivity index (χ1n) is 6.88. The summed E-state index contributed by atoms with van der Waals surface area (Å²) in [5.74, 6) is -0.188. The number of nitrogens with one attached hydrogen (secondary N) is 1. The van der Waals surface area contributed by atoms with E-state index >= 15 is 0 Å². The van der Waals surface area contributed by atoms with Gasteiger partial charge in [0.1, 0.15) is 5.82 Å². The molecule has 1 saturated carbocycles. The summed E-state index contributed by atoms with van der Waals surface area (Å²) >= 11 is 0. The van der Waals surface area contributed by atoms with Crippen LogP contribution in [0, 0.1) is 11.7 Å². The highest BCUT2D eigenvalue weighted by atomic mass is 32.2. The summed E-state index contributed by atoms with van der Waals surface area (Å²) in [5.41, 5.74) is 6.10. The fourth-order valence-electron chi connectivity index (χ4n) is 2.72. The Morgan fingerprint density at radius 1 is 1.35 bits per heavy atom. The Morgan fingerprint density at radius 2 is 2.05 bits per heavy atom. The summed E-state index contributed by atoms with van der Waals surface area (Å²) in [6.45, 7) is 0.584. The van der Waals surface area contributed by atoms with Crippen molar-refractivity contribution >= 4 is 15.5 Å². The van der Waals surface area contributed by atoms with Crippen LogP contribution < -0.4 is 11.1 Å². The lowest BCUT2D eigenvalue weighted by atomic mass is 9.84. The molecule has 0 amide bonds. The van der Waals surface area contributed by atoms with Crippen LogP contribution in [0.3, 0.4) is 0 Å². The normalized spacial score (nSPS) is 23.6. The second-order valence-electron chi connectivity index (χ2n) is 5.44. The van der Waals surface area contributed by atoms with Crippen LogP contribution in [0.5, 0.6) is 0 Å². The second-order valence-corrected chi connectivity index (χ2v) is 7.46. The molecule has 4 nitrogen and oxygen atoms in total. The third kappa shape index (κ3) is 3.49. The highest BCUT2D eigenvalue weighted by Crippen LogP contribution is 2.28. The van der Waals surface area contributed by atoms with E-state index in [1.54, 1.807) is 0 Å². The molecule has 0 heterocycles. The fraction of sp³-hybridized carbons (Fsp3) is 0.571. The second kappa shape index (κ2) is 6.10. The number of anilines is 1. The highest BCUT2D eigenvalue weighted by Gasteiger charge is 2.24. The Morgan fingerprint density at radius 3 is 2.65 bits per heavy atom. The number of rotatable bonds is 4. The van der Waals surface area contributed by atoms with E-state index in [2.05, 4.69) is 5.32 Å². The SMILES string of the molecule is CS(=O)(=O)c1ccc(NC2CCCCC2CN)c(F)c1. The average Bonchev–Trinajstić information content (AvgIpc) is 2.40. The third-order valence-electron chi connectivity index (χ3n) is 3.92. The van der Waals surface area contributed by atoms with E-state index in [-0.39, 0.29) is 10.9 Å². The fourth-order valence-corrected chi connectivity index (χ4v) is 3.36. The van der Waals surface area contributed by atoms with Crippen LogP contribution in [0.25, 0.3) is 0 Å². The maximum Gasteiger partial charge on any atom is 0.175 e. The van der Waals surface area contributed by atoms with Crippen molar-refractivity contribution in [2.24, 2.45) is 11.7 Å². The van der Waals surface area contributed by atoms with E-state index in [4.69, 9.17) is 5.73 Å². The molecule has 2 rings (SSSR count). The summed E-state index contributed by atoms with van der Waals surface area (Å²) < 4.78 is 36.8. The Hall–Kier alpha value is -1.14. The van der Waals surface area contributed by atoms with Crippen molar-refractivity contribution in [1.82, 2.24) is 0 Å². The molecule has 0 aromatic heterocycles. The van der Waals surface area contributed by atoms with Gasteiger partial charge in [0.15, 0.2) is 9.84 Å². The summed E-state index contributed by atoms with van der Waals surface area (Å²) in [6.07, 6.45) is 5.36. The molecule has 6 heteroatoms.